The molecule has 0 aliphatic rings. The minimum atomic E-state index is 0.114. The van der Waals surface area contributed by atoms with E-state index >= 15 is 0 Å². The van der Waals surface area contributed by atoms with E-state index in [0.29, 0.717) is 11.8 Å². The van der Waals surface area contributed by atoms with Gasteiger partial charge in [0.1, 0.15) is 0 Å². The maximum Gasteiger partial charge on any atom is 0.0613 e. The molecule has 0 spiro atoms. The van der Waals surface area contributed by atoms with Crippen molar-refractivity contribution in [2.24, 2.45) is 11.8 Å². The van der Waals surface area contributed by atoms with Gasteiger partial charge in [-0.2, -0.15) is 0 Å². The molecule has 2 atom stereocenters. The molecule has 0 N–H and O–H groups in total. The van der Waals surface area contributed by atoms with Crippen LogP contribution in [0.15, 0.2) is 28.7 Å². The molecule has 1 rings (SSSR count). The first kappa shape index (κ1) is 12.1. The summed E-state index contributed by atoms with van der Waals surface area (Å²) in [7, 11) is 0. The molecule has 1 aromatic rings. The van der Waals surface area contributed by atoms with Crippen LogP contribution in [0.4, 0.5) is 0 Å². The first-order valence-corrected chi connectivity index (χ1v) is 6.15. The van der Waals surface area contributed by atoms with Crippen LogP contribution < -0.4 is 0 Å². The smallest absolute Gasteiger partial charge is 0.0613 e. The molecular weight excluding hydrogens is 259 g/mol. The lowest BCUT2D eigenvalue weighted by atomic mass is 9.90. The molecule has 0 radical (unpaired) electrons. The summed E-state index contributed by atoms with van der Waals surface area (Å²) in [5, 5.41) is 0.114. The predicted molar refractivity (Wildman–Crippen MR) is 66.7 cm³/mol. The van der Waals surface area contributed by atoms with Crippen LogP contribution >= 0.6 is 27.5 Å². The van der Waals surface area contributed by atoms with Gasteiger partial charge >= 0.3 is 0 Å². The third-order valence-corrected chi connectivity index (χ3v) is 3.88. The number of rotatable bonds is 3. The lowest BCUT2D eigenvalue weighted by Crippen LogP contribution is -2.10. The van der Waals surface area contributed by atoms with Crippen LogP contribution in [0.5, 0.6) is 0 Å². The van der Waals surface area contributed by atoms with Crippen molar-refractivity contribution in [2.75, 3.05) is 0 Å². The Morgan fingerprint density at radius 1 is 1.07 bits per heavy atom. The Morgan fingerprint density at radius 2 is 1.57 bits per heavy atom. The van der Waals surface area contributed by atoms with Crippen LogP contribution in [-0.2, 0) is 0 Å². The third-order valence-electron chi connectivity index (χ3n) is 2.70. The number of hydrogen-bond donors (Lipinski definition) is 0. The van der Waals surface area contributed by atoms with Gasteiger partial charge < -0.3 is 0 Å². The van der Waals surface area contributed by atoms with E-state index in [-0.39, 0.29) is 5.38 Å². The van der Waals surface area contributed by atoms with Gasteiger partial charge in [-0.1, -0.05) is 48.8 Å². The topological polar surface area (TPSA) is 0 Å². The normalized spacial score (nSPS) is 15.6. The van der Waals surface area contributed by atoms with Crippen molar-refractivity contribution < 1.29 is 0 Å². The lowest BCUT2D eigenvalue weighted by Gasteiger charge is -2.21. The minimum absolute atomic E-state index is 0.114. The first-order valence-electron chi connectivity index (χ1n) is 4.92. The van der Waals surface area contributed by atoms with Gasteiger partial charge in [0.25, 0.3) is 0 Å². The minimum Gasteiger partial charge on any atom is -0.118 e. The van der Waals surface area contributed by atoms with Crippen LogP contribution in [-0.4, -0.2) is 0 Å². The van der Waals surface area contributed by atoms with Gasteiger partial charge in [0, 0.05) is 4.47 Å². The quantitative estimate of drug-likeness (QED) is 0.679. The van der Waals surface area contributed by atoms with Crippen LogP contribution in [0.1, 0.15) is 31.7 Å². The summed E-state index contributed by atoms with van der Waals surface area (Å²) in [5.41, 5.74) is 1.20. The van der Waals surface area contributed by atoms with Gasteiger partial charge in [-0.05, 0) is 29.5 Å². The Labute approximate surface area is 99.8 Å². The van der Waals surface area contributed by atoms with E-state index in [0.717, 1.165) is 4.47 Å². The van der Waals surface area contributed by atoms with Gasteiger partial charge in [-0.3, -0.25) is 0 Å². The van der Waals surface area contributed by atoms with Gasteiger partial charge in [-0.15, -0.1) is 11.6 Å². The van der Waals surface area contributed by atoms with Crippen molar-refractivity contribution in [1.29, 1.82) is 0 Å². The fraction of sp³-hybridized carbons (Fsp3) is 0.500. The Morgan fingerprint density at radius 3 is 2.00 bits per heavy atom. The molecule has 78 valence electrons. The van der Waals surface area contributed by atoms with Crippen molar-refractivity contribution in [1.82, 2.24) is 0 Å². The number of alkyl halides is 1. The lowest BCUT2D eigenvalue weighted by molar-refractivity contribution is 0.406. The van der Waals surface area contributed by atoms with Gasteiger partial charge in [0.05, 0.1) is 5.38 Å². The van der Waals surface area contributed by atoms with Crippen molar-refractivity contribution in [3.8, 4) is 0 Å². The average molecular weight is 276 g/mol. The molecule has 0 bridgehead atoms. The molecule has 2 heteroatoms. The van der Waals surface area contributed by atoms with E-state index in [2.05, 4.69) is 48.8 Å². The van der Waals surface area contributed by atoms with E-state index in [4.69, 9.17) is 11.6 Å². The summed E-state index contributed by atoms with van der Waals surface area (Å²) in [6, 6.07) is 8.25. The van der Waals surface area contributed by atoms with Crippen molar-refractivity contribution in [2.45, 2.75) is 26.1 Å². The molecule has 0 nitrogen and oxygen atoms in total. The van der Waals surface area contributed by atoms with Gasteiger partial charge in [0.2, 0.25) is 0 Å². The van der Waals surface area contributed by atoms with Gasteiger partial charge in [0.15, 0.2) is 0 Å². The molecule has 0 aromatic heterocycles. The molecule has 0 amide bonds. The maximum atomic E-state index is 6.39. The Balaban J connectivity index is 2.78. The maximum absolute atomic E-state index is 6.39. The van der Waals surface area contributed by atoms with E-state index in [1.165, 1.54) is 5.56 Å². The number of benzene rings is 1. The molecule has 2 unspecified atom stereocenters. The average Bonchev–Trinajstić information content (AvgIpc) is 2.16. The fourth-order valence-electron chi connectivity index (χ4n) is 1.29. The Hall–Kier alpha value is -0.0100. The molecule has 0 saturated heterocycles. The second-order valence-electron chi connectivity index (χ2n) is 4.06. The molecule has 0 fully saturated rings. The van der Waals surface area contributed by atoms with E-state index in [9.17, 15) is 0 Å². The zero-order valence-electron chi connectivity index (χ0n) is 8.80. The van der Waals surface area contributed by atoms with Crippen molar-refractivity contribution in [3.05, 3.63) is 34.3 Å². The largest absolute Gasteiger partial charge is 0.118 e. The van der Waals surface area contributed by atoms with Crippen LogP contribution in [0.25, 0.3) is 0 Å². The molecule has 0 saturated carbocycles. The summed E-state index contributed by atoms with van der Waals surface area (Å²) >= 11 is 9.81. The predicted octanol–water partition coefficient (Wildman–Crippen LogP) is 5.02. The Bertz CT molecular complexity index is 279. The number of halogens is 2. The van der Waals surface area contributed by atoms with Crippen LogP contribution in [0, 0.1) is 11.8 Å². The van der Waals surface area contributed by atoms with Crippen molar-refractivity contribution in [3.63, 3.8) is 0 Å². The summed E-state index contributed by atoms with van der Waals surface area (Å²) < 4.78 is 1.10. The van der Waals surface area contributed by atoms with Crippen LogP contribution in [0.3, 0.4) is 0 Å². The highest BCUT2D eigenvalue weighted by atomic mass is 79.9. The summed E-state index contributed by atoms with van der Waals surface area (Å²) in [6.45, 7) is 6.61. The zero-order chi connectivity index (χ0) is 10.7. The number of hydrogen-bond acceptors (Lipinski definition) is 0. The molecule has 0 aliphatic heterocycles. The van der Waals surface area contributed by atoms with E-state index in [1.807, 2.05) is 12.1 Å². The second-order valence-corrected chi connectivity index (χ2v) is 5.44. The first-order chi connectivity index (χ1) is 6.52. The summed E-state index contributed by atoms with van der Waals surface area (Å²) in [6.07, 6.45) is 0. The van der Waals surface area contributed by atoms with E-state index in [1.54, 1.807) is 0 Å². The fourth-order valence-corrected chi connectivity index (χ4v) is 1.99. The molecule has 14 heavy (non-hydrogen) atoms. The molecule has 0 aliphatic carbocycles. The Kier molecular flexibility index (Phi) is 4.46. The standard InChI is InChI=1S/C12H16BrCl/c1-8(2)9(3)12(14)10-4-6-11(13)7-5-10/h4-9,12H,1-3H3. The zero-order valence-corrected chi connectivity index (χ0v) is 11.1. The van der Waals surface area contributed by atoms with E-state index < -0.39 is 0 Å². The van der Waals surface area contributed by atoms with Gasteiger partial charge in [-0.25, -0.2) is 0 Å². The third kappa shape index (κ3) is 2.99. The second kappa shape index (κ2) is 5.18. The highest BCUT2D eigenvalue weighted by Crippen LogP contribution is 2.33. The summed E-state index contributed by atoms with van der Waals surface area (Å²) in [4.78, 5) is 0. The molecular formula is C12H16BrCl. The molecule has 1 aromatic carbocycles. The highest BCUT2D eigenvalue weighted by Gasteiger charge is 2.19. The van der Waals surface area contributed by atoms with Crippen molar-refractivity contribution >= 4 is 27.5 Å². The molecule has 0 heterocycles. The van der Waals surface area contributed by atoms with Crippen LogP contribution in [0.2, 0.25) is 0 Å². The summed E-state index contributed by atoms with van der Waals surface area (Å²) in [5.74, 6) is 1.11. The monoisotopic (exact) mass is 274 g/mol. The highest BCUT2D eigenvalue weighted by molar-refractivity contribution is 9.10. The SMILES string of the molecule is CC(C)C(C)C(Cl)c1ccc(Br)cc1.